The molecule has 0 saturated carbocycles. The van der Waals surface area contributed by atoms with Gasteiger partial charge >= 0.3 is 5.97 Å². The number of nitrogens with zero attached hydrogens (tertiary/aromatic N) is 1. The van der Waals surface area contributed by atoms with Crippen LogP contribution in [0, 0.1) is 10.1 Å². The molecule has 7 nitrogen and oxygen atoms in total. The lowest BCUT2D eigenvalue weighted by Gasteiger charge is -2.09. The highest BCUT2D eigenvalue weighted by molar-refractivity contribution is 5.94. The van der Waals surface area contributed by atoms with Gasteiger partial charge in [-0.05, 0) is 26.1 Å². The molecular weight excluding hydrogens is 238 g/mol. The first-order valence-corrected chi connectivity index (χ1v) is 5.46. The van der Waals surface area contributed by atoms with Crippen LogP contribution in [0.2, 0.25) is 0 Å². The molecule has 0 aromatic heterocycles. The molecule has 7 heteroatoms. The fraction of sp³-hybridized carbons (Fsp3) is 0.364. The van der Waals surface area contributed by atoms with E-state index in [9.17, 15) is 14.9 Å². The minimum Gasteiger partial charge on any atom is -0.478 e. The summed E-state index contributed by atoms with van der Waals surface area (Å²) in [6, 6.07) is 3.66. The smallest absolute Gasteiger partial charge is 0.337 e. The second kappa shape index (κ2) is 6.55. The van der Waals surface area contributed by atoms with Crippen LogP contribution in [-0.2, 0) is 0 Å². The van der Waals surface area contributed by atoms with Crippen LogP contribution in [0.4, 0.5) is 11.4 Å². The zero-order valence-electron chi connectivity index (χ0n) is 9.97. The van der Waals surface area contributed by atoms with Crippen molar-refractivity contribution in [2.24, 2.45) is 0 Å². The van der Waals surface area contributed by atoms with Gasteiger partial charge in [-0.15, -0.1) is 0 Å². The van der Waals surface area contributed by atoms with Gasteiger partial charge in [-0.25, -0.2) is 4.79 Å². The topological polar surface area (TPSA) is 105 Å². The van der Waals surface area contributed by atoms with Crippen molar-refractivity contribution in [3.8, 4) is 0 Å². The maximum atomic E-state index is 11.0. The number of nitrogens with one attached hydrogen (secondary N) is 2. The number of carboxylic acids is 1. The monoisotopic (exact) mass is 253 g/mol. The molecule has 0 unspecified atom stereocenters. The van der Waals surface area contributed by atoms with Crippen molar-refractivity contribution in [2.45, 2.75) is 6.42 Å². The fourth-order valence-corrected chi connectivity index (χ4v) is 1.47. The summed E-state index contributed by atoms with van der Waals surface area (Å²) in [6.07, 6.45) is 0.790. The molecule has 0 atom stereocenters. The van der Waals surface area contributed by atoms with E-state index >= 15 is 0 Å². The Morgan fingerprint density at radius 2 is 2.17 bits per heavy atom. The maximum absolute atomic E-state index is 11.0. The number of hydrogen-bond acceptors (Lipinski definition) is 5. The average molecular weight is 253 g/mol. The SMILES string of the molecule is CNCCCNc1cc([N+](=O)[O-])ccc1C(=O)O. The number of carboxylic acid groups (broad SMARTS) is 1. The van der Waals surface area contributed by atoms with Crippen LogP contribution in [0.3, 0.4) is 0 Å². The molecule has 0 aliphatic rings. The lowest BCUT2D eigenvalue weighted by molar-refractivity contribution is -0.384. The minimum absolute atomic E-state index is 0.0325. The quantitative estimate of drug-likeness (QED) is 0.384. The average Bonchev–Trinajstić information content (AvgIpc) is 2.34. The summed E-state index contributed by atoms with van der Waals surface area (Å²) in [5, 5.41) is 25.5. The van der Waals surface area contributed by atoms with Crippen molar-refractivity contribution in [3.63, 3.8) is 0 Å². The minimum atomic E-state index is -1.11. The van der Waals surface area contributed by atoms with Gasteiger partial charge in [-0.3, -0.25) is 10.1 Å². The molecule has 3 N–H and O–H groups in total. The molecule has 1 aromatic carbocycles. The summed E-state index contributed by atoms with van der Waals surface area (Å²) in [4.78, 5) is 21.0. The number of non-ortho nitro benzene ring substituents is 1. The normalized spacial score (nSPS) is 10.1. The Kier molecular flexibility index (Phi) is 5.06. The third-order valence-electron chi connectivity index (χ3n) is 2.36. The van der Waals surface area contributed by atoms with Crippen molar-refractivity contribution in [1.82, 2.24) is 5.32 Å². The Balaban J connectivity index is 2.86. The van der Waals surface area contributed by atoms with Crippen LogP contribution in [-0.4, -0.2) is 36.1 Å². The molecule has 0 aliphatic carbocycles. The predicted octanol–water partition coefficient (Wildman–Crippen LogP) is 1.31. The second-order valence-electron chi connectivity index (χ2n) is 3.68. The summed E-state index contributed by atoms with van der Waals surface area (Å²) in [6.45, 7) is 1.33. The van der Waals surface area contributed by atoms with Gasteiger partial charge in [0.25, 0.3) is 5.69 Å². The van der Waals surface area contributed by atoms with Crippen LogP contribution in [0.5, 0.6) is 0 Å². The Bertz CT molecular complexity index is 448. The molecule has 0 aliphatic heterocycles. The highest BCUT2D eigenvalue weighted by Crippen LogP contribution is 2.22. The van der Waals surface area contributed by atoms with E-state index in [0.29, 0.717) is 6.54 Å². The number of anilines is 1. The fourth-order valence-electron chi connectivity index (χ4n) is 1.47. The number of nitro groups is 1. The van der Waals surface area contributed by atoms with Gasteiger partial charge in [-0.1, -0.05) is 0 Å². The van der Waals surface area contributed by atoms with Crippen LogP contribution >= 0.6 is 0 Å². The van der Waals surface area contributed by atoms with Gasteiger partial charge in [-0.2, -0.15) is 0 Å². The lowest BCUT2D eigenvalue weighted by atomic mass is 10.1. The van der Waals surface area contributed by atoms with E-state index in [4.69, 9.17) is 5.11 Å². The molecular formula is C11H15N3O4. The first-order chi connectivity index (χ1) is 8.56. The summed E-state index contributed by atoms with van der Waals surface area (Å²) in [7, 11) is 1.82. The molecule has 1 aromatic rings. The Labute approximate surface area is 104 Å². The molecule has 0 heterocycles. The van der Waals surface area contributed by atoms with Gasteiger partial charge in [0.15, 0.2) is 0 Å². The predicted molar refractivity (Wildman–Crippen MR) is 67.1 cm³/mol. The van der Waals surface area contributed by atoms with Crippen molar-refractivity contribution in [2.75, 3.05) is 25.5 Å². The summed E-state index contributed by atoms with van der Waals surface area (Å²) < 4.78 is 0. The molecule has 1 rings (SSSR count). The molecule has 98 valence electrons. The van der Waals surface area contributed by atoms with E-state index in [1.54, 1.807) is 0 Å². The zero-order valence-corrected chi connectivity index (χ0v) is 9.97. The summed E-state index contributed by atoms with van der Waals surface area (Å²) >= 11 is 0. The first-order valence-electron chi connectivity index (χ1n) is 5.46. The van der Waals surface area contributed by atoms with Gasteiger partial charge in [0.1, 0.15) is 0 Å². The third kappa shape index (κ3) is 3.70. The molecule has 18 heavy (non-hydrogen) atoms. The molecule has 0 spiro atoms. The number of rotatable bonds is 7. The van der Waals surface area contributed by atoms with E-state index in [-0.39, 0.29) is 16.9 Å². The van der Waals surface area contributed by atoms with Gasteiger partial charge < -0.3 is 15.7 Å². The van der Waals surface area contributed by atoms with Gasteiger partial charge in [0.2, 0.25) is 0 Å². The highest BCUT2D eigenvalue weighted by Gasteiger charge is 2.14. The van der Waals surface area contributed by atoms with Crippen LogP contribution in [0.25, 0.3) is 0 Å². The number of benzene rings is 1. The van der Waals surface area contributed by atoms with Crippen LogP contribution < -0.4 is 10.6 Å². The maximum Gasteiger partial charge on any atom is 0.337 e. The molecule has 0 bridgehead atoms. The van der Waals surface area contributed by atoms with Crippen LogP contribution in [0.15, 0.2) is 18.2 Å². The van der Waals surface area contributed by atoms with Crippen molar-refractivity contribution >= 4 is 17.3 Å². The molecule has 0 saturated heterocycles. The zero-order chi connectivity index (χ0) is 13.5. The van der Waals surface area contributed by atoms with Crippen molar-refractivity contribution in [3.05, 3.63) is 33.9 Å². The standard InChI is InChI=1S/C11H15N3O4/c1-12-5-2-6-13-10-7-8(14(17)18)3-4-9(10)11(15)16/h3-4,7,12-13H,2,5-6H2,1H3,(H,15,16). The largest absolute Gasteiger partial charge is 0.478 e. The van der Waals surface area contributed by atoms with Gasteiger partial charge in [0.05, 0.1) is 16.2 Å². The molecule has 0 fully saturated rings. The number of carbonyl (C=O) groups is 1. The van der Waals surface area contributed by atoms with E-state index in [1.807, 2.05) is 7.05 Å². The molecule has 0 radical (unpaired) electrons. The number of nitro benzene ring substituents is 1. The number of aromatic carboxylic acids is 1. The van der Waals surface area contributed by atoms with E-state index in [2.05, 4.69) is 10.6 Å². The second-order valence-corrected chi connectivity index (χ2v) is 3.68. The van der Waals surface area contributed by atoms with Crippen molar-refractivity contribution in [1.29, 1.82) is 0 Å². The van der Waals surface area contributed by atoms with Crippen LogP contribution in [0.1, 0.15) is 16.8 Å². The molecule has 0 amide bonds. The summed E-state index contributed by atoms with van der Waals surface area (Å²) in [5.41, 5.74) is 0.175. The van der Waals surface area contributed by atoms with E-state index < -0.39 is 10.9 Å². The number of hydrogen-bond donors (Lipinski definition) is 3. The van der Waals surface area contributed by atoms with E-state index in [0.717, 1.165) is 13.0 Å². The highest BCUT2D eigenvalue weighted by atomic mass is 16.6. The lowest BCUT2D eigenvalue weighted by Crippen LogP contribution is -2.14. The Morgan fingerprint density at radius 1 is 1.44 bits per heavy atom. The Hall–Kier alpha value is -2.15. The van der Waals surface area contributed by atoms with E-state index in [1.165, 1.54) is 18.2 Å². The van der Waals surface area contributed by atoms with Crippen molar-refractivity contribution < 1.29 is 14.8 Å². The third-order valence-corrected chi connectivity index (χ3v) is 2.36. The summed E-state index contributed by atoms with van der Waals surface area (Å²) in [5.74, 6) is -1.11. The Morgan fingerprint density at radius 3 is 2.72 bits per heavy atom. The first kappa shape index (κ1) is 13.9. The van der Waals surface area contributed by atoms with Gasteiger partial charge in [0, 0.05) is 18.7 Å².